The zero-order chi connectivity index (χ0) is 10.7. The quantitative estimate of drug-likeness (QED) is 0.788. The summed E-state index contributed by atoms with van der Waals surface area (Å²) in [6.45, 7) is 1.25. The molecule has 2 aromatic rings. The monoisotopic (exact) mass is 203 g/mol. The predicted octanol–water partition coefficient (Wildman–Crippen LogP) is 1.21. The number of para-hydroxylation sites is 1. The summed E-state index contributed by atoms with van der Waals surface area (Å²) in [5.41, 5.74) is 7.12. The zero-order valence-electron chi connectivity index (χ0n) is 8.30. The average Bonchev–Trinajstić information content (AvgIpc) is 2.68. The van der Waals surface area contributed by atoms with Gasteiger partial charge in [0.1, 0.15) is 5.75 Å². The zero-order valence-corrected chi connectivity index (χ0v) is 8.30. The van der Waals surface area contributed by atoms with Gasteiger partial charge in [-0.2, -0.15) is 5.10 Å². The number of phenols is 1. The maximum Gasteiger partial charge on any atom is 0.123 e. The molecule has 0 unspecified atom stereocenters. The second kappa shape index (κ2) is 4.14. The van der Waals surface area contributed by atoms with Gasteiger partial charge in [0.25, 0.3) is 0 Å². The molecule has 4 nitrogen and oxygen atoms in total. The Morgan fingerprint density at radius 1 is 1.33 bits per heavy atom. The first-order valence-corrected chi connectivity index (χ1v) is 4.82. The van der Waals surface area contributed by atoms with E-state index in [0.717, 1.165) is 11.1 Å². The van der Waals surface area contributed by atoms with Crippen molar-refractivity contribution in [2.75, 3.05) is 6.54 Å². The van der Waals surface area contributed by atoms with Crippen molar-refractivity contribution in [1.29, 1.82) is 0 Å². The molecule has 3 N–H and O–H groups in total. The summed E-state index contributed by atoms with van der Waals surface area (Å²) in [7, 11) is 0. The number of nitrogens with two attached hydrogens (primary N) is 1. The fourth-order valence-electron chi connectivity index (χ4n) is 1.47. The van der Waals surface area contributed by atoms with Gasteiger partial charge >= 0.3 is 0 Å². The van der Waals surface area contributed by atoms with Gasteiger partial charge in [0.15, 0.2) is 0 Å². The lowest BCUT2D eigenvalue weighted by Gasteiger charge is -2.00. The van der Waals surface area contributed by atoms with Crippen molar-refractivity contribution in [2.45, 2.75) is 6.54 Å². The van der Waals surface area contributed by atoms with Crippen LogP contribution < -0.4 is 5.73 Å². The van der Waals surface area contributed by atoms with Crippen LogP contribution in [-0.4, -0.2) is 21.4 Å². The van der Waals surface area contributed by atoms with E-state index in [1.54, 1.807) is 23.0 Å². The van der Waals surface area contributed by atoms with Gasteiger partial charge in [0.2, 0.25) is 0 Å². The van der Waals surface area contributed by atoms with Crippen LogP contribution in [0.3, 0.4) is 0 Å². The lowest BCUT2D eigenvalue weighted by molar-refractivity contribution is 0.477. The van der Waals surface area contributed by atoms with Crippen molar-refractivity contribution in [2.24, 2.45) is 5.73 Å². The van der Waals surface area contributed by atoms with Gasteiger partial charge in [-0.3, -0.25) is 4.68 Å². The molecular formula is C11H13N3O. The van der Waals surface area contributed by atoms with Crippen LogP contribution in [-0.2, 0) is 6.54 Å². The molecule has 1 heterocycles. The molecule has 1 aromatic carbocycles. The summed E-state index contributed by atoms with van der Waals surface area (Å²) < 4.78 is 1.77. The first-order chi connectivity index (χ1) is 7.31. The second-order valence-electron chi connectivity index (χ2n) is 3.30. The summed E-state index contributed by atoms with van der Waals surface area (Å²) in [6.07, 6.45) is 3.60. The number of benzene rings is 1. The Bertz CT molecular complexity index is 451. The van der Waals surface area contributed by atoms with E-state index in [2.05, 4.69) is 5.10 Å². The first-order valence-electron chi connectivity index (χ1n) is 4.82. The Balaban J connectivity index is 2.33. The van der Waals surface area contributed by atoms with E-state index in [1.807, 2.05) is 18.3 Å². The maximum atomic E-state index is 9.64. The minimum Gasteiger partial charge on any atom is -0.507 e. The summed E-state index contributed by atoms with van der Waals surface area (Å²) in [4.78, 5) is 0. The molecule has 78 valence electrons. The molecule has 0 spiro atoms. The van der Waals surface area contributed by atoms with Gasteiger partial charge in [-0.15, -0.1) is 0 Å². The highest BCUT2D eigenvalue weighted by Gasteiger charge is 2.05. The molecule has 0 aliphatic heterocycles. The molecule has 0 amide bonds. The molecule has 1 aromatic heterocycles. The minimum absolute atomic E-state index is 0.268. The number of hydrogen-bond donors (Lipinski definition) is 2. The topological polar surface area (TPSA) is 64.1 Å². The van der Waals surface area contributed by atoms with Gasteiger partial charge in [-0.1, -0.05) is 18.2 Å². The van der Waals surface area contributed by atoms with Crippen molar-refractivity contribution < 1.29 is 5.11 Å². The first kappa shape index (κ1) is 9.73. The second-order valence-corrected chi connectivity index (χ2v) is 3.30. The molecule has 0 saturated carbocycles. The van der Waals surface area contributed by atoms with E-state index in [9.17, 15) is 5.11 Å². The van der Waals surface area contributed by atoms with Crippen LogP contribution in [0.25, 0.3) is 11.1 Å². The Labute approximate surface area is 88.0 Å². The standard InChI is InChI=1S/C11H13N3O/c12-5-6-14-8-9(7-13-14)10-3-1-2-4-11(10)15/h1-4,7-8,15H,5-6,12H2. The van der Waals surface area contributed by atoms with Gasteiger partial charge in [0.05, 0.1) is 12.7 Å². The third kappa shape index (κ3) is 1.99. The molecule has 0 aliphatic carbocycles. The number of aromatic nitrogens is 2. The van der Waals surface area contributed by atoms with Crippen LogP contribution in [0.1, 0.15) is 0 Å². The number of rotatable bonds is 3. The summed E-state index contributed by atoms with van der Waals surface area (Å²) in [5, 5.41) is 13.8. The van der Waals surface area contributed by atoms with E-state index in [0.29, 0.717) is 13.1 Å². The maximum absolute atomic E-state index is 9.64. The van der Waals surface area contributed by atoms with Crippen molar-refractivity contribution in [3.05, 3.63) is 36.7 Å². The number of hydrogen-bond acceptors (Lipinski definition) is 3. The Kier molecular flexibility index (Phi) is 2.69. The number of aromatic hydroxyl groups is 1. The molecule has 0 radical (unpaired) electrons. The van der Waals surface area contributed by atoms with Crippen LogP contribution in [0.5, 0.6) is 5.75 Å². The average molecular weight is 203 g/mol. The van der Waals surface area contributed by atoms with Gasteiger partial charge in [0, 0.05) is 23.9 Å². The largest absolute Gasteiger partial charge is 0.507 e. The highest BCUT2D eigenvalue weighted by Crippen LogP contribution is 2.27. The number of nitrogens with zero attached hydrogens (tertiary/aromatic N) is 2. The van der Waals surface area contributed by atoms with Crippen molar-refractivity contribution in [3.63, 3.8) is 0 Å². The van der Waals surface area contributed by atoms with Gasteiger partial charge in [-0.25, -0.2) is 0 Å². The van der Waals surface area contributed by atoms with Crippen LogP contribution in [0.2, 0.25) is 0 Å². The summed E-state index contributed by atoms with van der Waals surface area (Å²) in [6, 6.07) is 7.20. The molecule has 0 atom stereocenters. The molecule has 0 aliphatic rings. The summed E-state index contributed by atoms with van der Waals surface area (Å²) in [5.74, 6) is 0.268. The van der Waals surface area contributed by atoms with E-state index < -0.39 is 0 Å². The Morgan fingerprint density at radius 2 is 2.13 bits per heavy atom. The molecule has 15 heavy (non-hydrogen) atoms. The van der Waals surface area contributed by atoms with E-state index in [1.165, 1.54) is 0 Å². The fourth-order valence-corrected chi connectivity index (χ4v) is 1.47. The van der Waals surface area contributed by atoms with Crippen LogP contribution in [0.4, 0.5) is 0 Å². The van der Waals surface area contributed by atoms with Crippen molar-refractivity contribution >= 4 is 0 Å². The lowest BCUT2D eigenvalue weighted by atomic mass is 10.1. The van der Waals surface area contributed by atoms with E-state index in [4.69, 9.17) is 5.73 Å². The van der Waals surface area contributed by atoms with Crippen molar-refractivity contribution in [3.8, 4) is 16.9 Å². The van der Waals surface area contributed by atoms with Crippen molar-refractivity contribution in [1.82, 2.24) is 9.78 Å². The van der Waals surface area contributed by atoms with Crippen LogP contribution in [0, 0.1) is 0 Å². The van der Waals surface area contributed by atoms with Gasteiger partial charge in [-0.05, 0) is 6.07 Å². The summed E-state index contributed by atoms with van der Waals surface area (Å²) >= 11 is 0. The predicted molar refractivity (Wildman–Crippen MR) is 58.4 cm³/mol. The van der Waals surface area contributed by atoms with Gasteiger partial charge < -0.3 is 10.8 Å². The highest BCUT2D eigenvalue weighted by molar-refractivity contribution is 5.68. The van der Waals surface area contributed by atoms with Crippen LogP contribution in [0.15, 0.2) is 36.7 Å². The fraction of sp³-hybridized carbons (Fsp3) is 0.182. The molecule has 0 fully saturated rings. The Morgan fingerprint density at radius 3 is 2.87 bits per heavy atom. The smallest absolute Gasteiger partial charge is 0.123 e. The SMILES string of the molecule is NCCn1cc(-c2ccccc2O)cn1. The number of phenolic OH excluding ortho intramolecular Hbond substituents is 1. The molecule has 4 heteroatoms. The normalized spacial score (nSPS) is 10.5. The third-order valence-corrected chi connectivity index (χ3v) is 2.21. The van der Waals surface area contributed by atoms with E-state index >= 15 is 0 Å². The van der Waals surface area contributed by atoms with E-state index in [-0.39, 0.29) is 5.75 Å². The molecule has 2 rings (SSSR count). The molecule has 0 bridgehead atoms. The third-order valence-electron chi connectivity index (χ3n) is 2.21. The highest BCUT2D eigenvalue weighted by atomic mass is 16.3. The minimum atomic E-state index is 0.268. The van der Waals surface area contributed by atoms with Crippen LogP contribution >= 0.6 is 0 Å². The lowest BCUT2D eigenvalue weighted by Crippen LogP contribution is -2.09. The molecular weight excluding hydrogens is 190 g/mol. The molecule has 0 saturated heterocycles. The Hall–Kier alpha value is -1.81.